The van der Waals surface area contributed by atoms with Gasteiger partial charge in [0.2, 0.25) is 0 Å². The Hall–Kier alpha value is -1.74. The van der Waals surface area contributed by atoms with E-state index in [4.69, 9.17) is 0 Å². The molecule has 0 bridgehead atoms. The lowest BCUT2D eigenvalue weighted by Crippen LogP contribution is -2.38. The minimum atomic E-state index is -0.274. The first kappa shape index (κ1) is 13.3. The Labute approximate surface area is 119 Å². The van der Waals surface area contributed by atoms with Crippen LogP contribution in [-0.2, 0) is 0 Å². The van der Waals surface area contributed by atoms with E-state index >= 15 is 0 Å². The third-order valence-corrected chi connectivity index (χ3v) is 4.67. The first-order chi connectivity index (χ1) is 9.65. The predicted octanol–water partition coefficient (Wildman–Crippen LogP) is 3.05. The zero-order valence-corrected chi connectivity index (χ0v) is 12.0. The number of pyridine rings is 1. The van der Waals surface area contributed by atoms with Crippen LogP contribution in [0.2, 0.25) is 0 Å². The second-order valence-electron chi connectivity index (χ2n) is 5.97. The lowest BCUT2D eigenvalue weighted by atomic mass is 9.70. The van der Waals surface area contributed by atoms with E-state index < -0.39 is 0 Å². The Morgan fingerprint density at radius 2 is 2.20 bits per heavy atom. The molecule has 0 amide bonds. The quantitative estimate of drug-likeness (QED) is 0.870. The fourth-order valence-corrected chi connectivity index (χ4v) is 3.24. The number of carbonyl (C=O) groups excluding carboxylic acids is 1. The minimum absolute atomic E-state index is 0.260. The third kappa shape index (κ3) is 1.93. The Kier molecular flexibility index (Phi) is 3.30. The second kappa shape index (κ2) is 4.98. The number of rotatable bonds is 3. The molecule has 0 spiro atoms. The number of benzene rings is 1. The molecule has 3 heteroatoms. The van der Waals surface area contributed by atoms with Crippen molar-refractivity contribution in [3.05, 3.63) is 42.2 Å². The van der Waals surface area contributed by atoms with Gasteiger partial charge in [0.05, 0.1) is 0 Å². The summed E-state index contributed by atoms with van der Waals surface area (Å²) in [6.07, 6.45) is 4.49. The van der Waals surface area contributed by atoms with Gasteiger partial charge in [0.1, 0.15) is 0 Å². The van der Waals surface area contributed by atoms with Gasteiger partial charge in [-0.1, -0.05) is 32.0 Å². The molecular formula is C17H20N2O. The largest absolute Gasteiger partial charge is 0.316 e. The van der Waals surface area contributed by atoms with E-state index in [1.54, 1.807) is 12.4 Å². The minimum Gasteiger partial charge on any atom is -0.316 e. The number of nitrogens with one attached hydrogen (secondary N) is 1. The van der Waals surface area contributed by atoms with Crippen molar-refractivity contribution in [2.75, 3.05) is 13.1 Å². The number of Topliss-reactive ketones (excluding diaryl/α,β-unsaturated/α-hetero) is 1. The van der Waals surface area contributed by atoms with Gasteiger partial charge >= 0.3 is 0 Å². The molecule has 0 radical (unpaired) electrons. The molecule has 2 aromatic rings. The molecule has 1 unspecified atom stereocenters. The number of aromatic nitrogens is 1. The summed E-state index contributed by atoms with van der Waals surface area (Å²) in [7, 11) is 0. The Bertz CT molecular complexity index is 637. The molecule has 0 saturated carbocycles. The van der Waals surface area contributed by atoms with Crippen LogP contribution in [0.4, 0.5) is 0 Å². The average Bonchev–Trinajstić information content (AvgIpc) is 2.97. The number of ketones is 1. The molecule has 1 atom stereocenters. The highest BCUT2D eigenvalue weighted by atomic mass is 16.1. The summed E-state index contributed by atoms with van der Waals surface area (Å²) < 4.78 is 0. The summed E-state index contributed by atoms with van der Waals surface area (Å²) >= 11 is 0. The SMILES string of the molecule is CC(C)C1(C(=O)c2cccc3ccncc23)CCNC1. The number of fused-ring (bicyclic) bond motifs is 1. The normalized spacial score (nSPS) is 22.6. The summed E-state index contributed by atoms with van der Waals surface area (Å²) in [4.78, 5) is 17.3. The van der Waals surface area contributed by atoms with E-state index in [1.807, 2.05) is 24.3 Å². The van der Waals surface area contributed by atoms with Gasteiger partial charge < -0.3 is 5.32 Å². The molecule has 1 N–H and O–H groups in total. The van der Waals surface area contributed by atoms with E-state index in [1.165, 1.54) is 0 Å². The maximum absolute atomic E-state index is 13.2. The van der Waals surface area contributed by atoms with Gasteiger partial charge in [0, 0.05) is 35.3 Å². The van der Waals surface area contributed by atoms with Crippen LogP contribution in [-0.4, -0.2) is 23.9 Å². The van der Waals surface area contributed by atoms with Crippen LogP contribution >= 0.6 is 0 Å². The van der Waals surface area contributed by atoms with Crippen LogP contribution in [0, 0.1) is 11.3 Å². The van der Waals surface area contributed by atoms with Crippen molar-refractivity contribution in [2.24, 2.45) is 11.3 Å². The van der Waals surface area contributed by atoms with Crippen molar-refractivity contribution in [3.63, 3.8) is 0 Å². The van der Waals surface area contributed by atoms with Crippen molar-refractivity contribution >= 4 is 16.6 Å². The molecule has 3 rings (SSSR count). The van der Waals surface area contributed by atoms with Gasteiger partial charge in [-0.05, 0) is 30.3 Å². The summed E-state index contributed by atoms with van der Waals surface area (Å²) in [5.74, 6) is 0.591. The highest BCUT2D eigenvalue weighted by Gasteiger charge is 2.44. The lowest BCUT2D eigenvalue weighted by molar-refractivity contribution is 0.0742. The molecule has 1 aliphatic heterocycles. The van der Waals surface area contributed by atoms with Crippen LogP contribution < -0.4 is 5.32 Å². The molecule has 20 heavy (non-hydrogen) atoms. The summed E-state index contributed by atoms with van der Waals surface area (Å²) in [5.41, 5.74) is 0.539. The zero-order valence-electron chi connectivity index (χ0n) is 12.0. The third-order valence-electron chi connectivity index (χ3n) is 4.67. The monoisotopic (exact) mass is 268 g/mol. The molecule has 1 aliphatic rings. The van der Waals surface area contributed by atoms with Gasteiger partial charge in [-0.25, -0.2) is 0 Å². The van der Waals surface area contributed by atoms with E-state index in [-0.39, 0.29) is 11.2 Å². The van der Waals surface area contributed by atoms with E-state index in [0.29, 0.717) is 5.92 Å². The smallest absolute Gasteiger partial charge is 0.171 e. The second-order valence-corrected chi connectivity index (χ2v) is 5.97. The zero-order chi connectivity index (χ0) is 14.2. The molecule has 0 aliphatic carbocycles. The highest BCUT2D eigenvalue weighted by Crippen LogP contribution is 2.38. The van der Waals surface area contributed by atoms with Crippen LogP contribution in [0.5, 0.6) is 0 Å². The first-order valence-electron chi connectivity index (χ1n) is 7.23. The van der Waals surface area contributed by atoms with Crippen molar-refractivity contribution < 1.29 is 4.79 Å². The van der Waals surface area contributed by atoms with Crippen LogP contribution in [0.3, 0.4) is 0 Å². The topological polar surface area (TPSA) is 42.0 Å². The maximum Gasteiger partial charge on any atom is 0.171 e. The molecule has 104 valence electrons. The molecule has 2 heterocycles. The molecular weight excluding hydrogens is 248 g/mol. The Morgan fingerprint density at radius 1 is 1.35 bits per heavy atom. The summed E-state index contributed by atoms with van der Waals surface area (Å²) in [6.45, 7) is 6.00. The van der Waals surface area contributed by atoms with Crippen molar-refractivity contribution in [2.45, 2.75) is 20.3 Å². The van der Waals surface area contributed by atoms with E-state index in [2.05, 4.69) is 24.1 Å². The summed E-state index contributed by atoms with van der Waals surface area (Å²) in [5, 5.41) is 5.40. The summed E-state index contributed by atoms with van der Waals surface area (Å²) in [6, 6.07) is 7.89. The van der Waals surface area contributed by atoms with Crippen molar-refractivity contribution in [1.29, 1.82) is 0 Å². The molecule has 3 nitrogen and oxygen atoms in total. The van der Waals surface area contributed by atoms with Gasteiger partial charge in [-0.15, -0.1) is 0 Å². The van der Waals surface area contributed by atoms with Crippen molar-refractivity contribution in [3.8, 4) is 0 Å². The van der Waals surface area contributed by atoms with Crippen LogP contribution in [0.1, 0.15) is 30.6 Å². The number of nitrogens with zero attached hydrogens (tertiary/aromatic N) is 1. The van der Waals surface area contributed by atoms with Crippen molar-refractivity contribution in [1.82, 2.24) is 10.3 Å². The van der Waals surface area contributed by atoms with Gasteiger partial charge in [-0.3, -0.25) is 9.78 Å². The molecule has 1 fully saturated rings. The van der Waals surface area contributed by atoms with Crippen LogP contribution in [0.25, 0.3) is 10.8 Å². The number of hydrogen-bond donors (Lipinski definition) is 1. The number of carbonyl (C=O) groups is 1. The first-order valence-corrected chi connectivity index (χ1v) is 7.23. The van der Waals surface area contributed by atoms with Gasteiger partial charge in [0.25, 0.3) is 0 Å². The standard InChI is InChI=1S/C17H20N2O/c1-12(2)17(7-9-19-11-17)16(20)14-5-3-4-13-6-8-18-10-15(13)14/h3-6,8,10,12,19H,7,9,11H2,1-2H3. The number of hydrogen-bond acceptors (Lipinski definition) is 3. The highest BCUT2D eigenvalue weighted by molar-refractivity contribution is 6.10. The molecule has 1 aromatic carbocycles. The van der Waals surface area contributed by atoms with E-state index in [9.17, 15) is 4.79 Å². The van der Waals surface area contributed by atoms with Crippen LogP contribution in [0.15, 0.2) is 36.7 Å². The van der Waals surface area contributed by atoms with Gasteiger partial charge in [-0.2, -0.15) is 0 Å². The predicted molar refractivity (Wildman–Crippen MR) is 80.8 cm³/mol. The fourth-order valence-electron chi connectivity index (χ4n) is 3.24. The fraction of sp³-hybridized carbons (Fsp3) is 0.412. The molecule has 1 aromatic heterocycles. The van der Waals surface area contributed by atoms with E-state index in [0.717, 1.165) is 35.8 Å². The average molecular weight is 268 g/mol. The molecule has 1 saturated heterocycles. The maximum atomic E-state index is 13.2. The Balaban J connectivity index is 2.13. The Morgan fingerprint density at radius 3 is 2.90 bits per heavy atom. The van der Waals surface area contributed by atoms with Gasteiger partial charge in [0.15, 0.2) is 5.78 Å². The lowest BCUT2D eigenvalue weighted by Gasteiger charge is -2.31.